The predicted octanol–water partition coefficient (Wildman–Crippen LogP) is 0.352. The monoisotopic (exact) mass is 141 g/mol. The van der Waals surface area contributed by atoms with E-state index in [4.69, 9.17) is 5.73 Å². The second-order valence-electron chi connectivity index (χ2n) is 3.80. The van der Waals surface area contributed by atoms with Crippen LogP contribution in [0.2, 0.25) is 0 Å². The van der Waals surface area contributed by atoms with Crippen LogP contribution in [0.15, 0.2) is 0 Å². The standard InChI is InChI=1S/C8H15NO/c9-4-6-1-5-2-7(6)8(10)3-5/h5-8,10H,1-4,9H2/t5-,6-,7-,8+/m0/s1. The molecule has 4 atom stereocenters. The summed E-state index contributed by atoms with van der Waals surface area (Å²) in [5.41, 5.74) is 5.57. The first-order valence-corrected chi connectivity index (χ1v) is 4.19. The average molecular weight is 141 g/mol. The van der Waals surface area contributed by atoms with Gasteiger partial charge in [-0.15, -0.1) is 0 Å². The maximum atomic E-state index is 9.47. The zero-order valence-electron chi connectivity index (χ0n) is 6.16. The maximum absolute atomic E-state index is 9.47. The van der Waals surface area contributed by atoms with Gasteiger partial charge in [-0.3, -0.25) is 0 Å². The zero-order valence-corrected chi connectivity index (χ0v) is 6.16. The number of hydrogen-bond acceptors (Lipinski definition) is 2. The molecule has 2 heteroatoms. The van der Waals surface area contributed by atoms with Crippen LogP contribution >= 0.6 is 0 Å². The molecular weight excluding hydrogens is 126 g/mol. The van der Waals surface area contributed by atoms with Crippen LogP contribution in [-0.2, 0) is 0 Å². The molecule has 2 saturated carbocycles. The highest BCUT2D eigenvalue weighted by Gasteiger charge is 2.44. The highest BCUT2D eigenvalue weighted by molar-refractivity contribution is 4.95. The van der Waals surface area contributed by atoms with Gasteiger partial charge in [0.15, 0.2) is 0 Å². The fourth-order valence-electron chi connectivity index (χ4n) is 2.73. The lowest BCUT2D eigenvalue weighted by atomic mass is 9.87. The predicted molar refractivity (Wildman–Crippen MR) is 39.4 cm³/mol. The van der Waals surface area contributed by atoms with Crippen molar-refractivity contribution in [3.63, 3.8) is 0 Å². The number of nitrogens with two attached hydrogens (primary N) is 1. The molecule has 10 heavy (non-hydrogen) atoms. The highest BCUT2D eigenvalue weighted by atomic mass is 16.3. The van der Waals surface area contributed by atoms with Crippen molar-refractivity contribution in [3.05, 3.63) is 0 Å². The fraction of sp³-hybridized carbons (Fsp3) is 1.00. The Morgan fingerprint density at radius 3 is 2.50 bits per heavy atom. The largest absolute Gasteiger partial charge is 0.393 e. The van der Waals surface area contributed by atoms with E-state index in [1.165, 1.54) is 12.8 Å². The van der Waals surface area contributed by atoms with Crippen molar-refractivity contribution in [2.75, 3.05) is 6.54 Å². The maximum Gasteiger partial charge on any atom is 0.0574 e. The van der Waals surface area contributed by atoms with Crippen LogP contribution in [0.3, 0.4) is 0 Å². The van der Waals surface area contributed by atoms with Gasteiger partial charge in [-0.1, -0.05) is 0 Å². The third kappa shape index (κ3) is 0.789. The van der Waals surface area contributed by atoms with Crippen LogP contribution in [0, 0.1) is 17.8 Å². The summed E-state index contributed by atoms with van der Waals surface area (Å²) in [7, 11) is 0. The van der Waals surface area contributed by atoms with Crippen molar-refractivity contribution < 1.29 is 5.11 Å². The molecule has 3 N–H and O–H groups in total. The molecule has 0 aliphatic heterocycles. The lowest BCUT2D eigenvalue weighted by Crippen LogP contribution is -2.29. The van der Waals surface area contributed by atoms with Crippen LogP contribution < -0.4 is 5.73 Å². The first-order valence-electron chi connectivity index (χ1n) is 4.19. The van der Waals surface area contributed by atoms with Gasteiger partial charge >= 0.3 is 0 Å². The van der Waals surface area contributed by atoms with Gasteiger partial charge in [0.2, 0.25) is 0 Å². The minimum absolute atomic E-state index is 0.0210. The van der Waals surface area contributed by atoms with E-state index in [9.17, 15) is 5.11 Å². The minimum Gasteiger partial charge on any atom is -0.393 e. The van der Waals surface area contributed by atoms with Crippen molar-refractivity contribution in [1.82, 2.24) is 0 Å². The normalized spacial score (nSPS) is 52.2. The molecular formula is C8H15NO. The Kier molecular flexibility index (Phi) is 1.46. The highest BCUT2D eigenvalue weighted by Crippen LogP contribution is 2.47. The summed E-state index contributed by atoms with van der Waals surface area (Å²) >= 11 is 0. The van der Waals surface area contributed by atoms with Crippen LogP contribution in [0.4, 0.5) is 0 Å². The molecule has 0 radical (unpaired) electrons. The average Bonchev–Trinajstić information content (AvgIpc) is 2.44. The fourth-order valence-corrected chi connectivity index (χ4v) is 2.73. The molecule has 0 saturated heterocycles. The Hall–Kier alpha value is -0.0800. The molecule has 0 spiro atoms. The summed E-state index contributed by atoms with van der Waals surface area (Å²) in [6, 6.07) is 0. The third-order valence-corrected chi connectivity index (χ3v) is 3.22. The molecule has 0 unspecified atom stereocenters. The minimum atomic E-state index is -0.0210. The molecule has 2 bridgehead atoms. The van der Waals surface area contributed by atoms with Crippen LogP contribution in [0.5, 0.6) is 0 Å². The summed E-state index contributed by atoms with van der Waals surface area (Å²) in [4.78, 5) is 0. The van der Waals surface area contributed by atoms with E-state index in [1.807, 2.05) is 0 Å². The molecule has 0 aromatic carbocycles. The summed E-state index contributed by atoms with van der Waals surface area (Å²) in [5, 5.41) is 9.47. The van der Waals surface area contributed by atoms with E-state index < -0.39 is 0 Å². The number of hydrogen-bond donors (Lipinski definition) is 2. The quantitative estimate of drug-likeness (QED) is 0.553. The van der Waals surface area contributed by atoms with Gasteiger partial charge in [0.1, 0.15) is 0 Å². The van der Waals surface area contributed by atoms with E-state index in [2.05, 4.69) is 0 Å². The van der Waals surface area contributed by atoms with Gasteiger partial charge in [0.25, 0.3) is 0 Å². The van der Waals surface area contributed by atoms with Gasteiger partial charge in [0, 0.05) is 0 Å². The zero-order chi connectivity index (χ0) is 7.14. The molecule has 2 rings (SSSR count). The van der Waals surface area contributed by atoms with E-state index in [1.54, 1.807) is 0 Å². The Morgan fingerprint density at radius 2 is 2.10 bits per heavy atom. The van der Waals surface area contributed by atoms with E-state index >= 15 is 0 Å². The first-order chi connectivity index (χ1) is 4.81. The van der Waals surface area contributed by atoms with Gasteiger partial charge in [-0.05, 0) is 43.6 Å². The van der Waals surface area contributed by atoms with Crippen molar-refractivity contribution in [2.24, 2.45) is 23.5 Å². The van der Waals surface area contributed by atoms with Crippen molar-refractivity contribution in [3.8, 4) is 0 Å². The Labute approximate surface area is 61.4 Å². The summed E-state index contributed by atoms with van der Waals surface area (Å²) in [6.07, 6.45) is 3.54. The summed E-state index contributed by atoms with van der Waals surface area (Å²) in [6.45, 7) is 0.776. The van der Waals surface area contributed by atoms with Crippen molar-refractivity contribution >= 4 is 0 Å². The summed E-state index contributed by atoms with van der Waals surface area (Å²) in [5.74, 6) is 1.98. The third-order valence-electron chi connectivity index (χ3n) is 3.22. The van der Waals surface area contributed by atoms with Gasteiger partial charge in [-0.2, -0.15) is 0 Å². The van der Waals surface area contributed by atoms with E-state index in [0.717, 1.165) is 18.9 Å². The van der Waals surface area contributed by atoms with Crippen LogP contribution in [0.1, 0.15) is 19.3 Å². The number of fused-ring (bicyclic) bond motifs is 2. The van der Waals surface area contributed by atoms with E-state index in [-0.39, 0.29) is 6.10 Å². The number of aliphatic hydroxyl groups excluding tert-OH is 1. The molecule has 58 valence electrons. The number of rotatable bonds is 1. The Bertz CT molecular complexity index is 135. The molecule has 0 heterocycles. The van der Waals surface area contributed by atoms with Crippen LogP contribution in [-0.4, -0.2) is 17.8 Å². The van der Waals surface area contributed by atoms with Crippen molar-refractivity contribution in [2.45, 2.75) is 25.4 Å². The molecule has 0 amide bonds. The molecule has 2 fully saturated rings. The van der Waals surface area contributed by atoms with Gasteiger partial charge in [0.05, 0.1) is 6.10 Å². The molecule has 0 aromatic heterocycles. The second-order valence-corrected chi connectivity index (χ2v) is 3.80. The SMILES string of the molecule is NC[C@@H]1C[C@H]2C[C@@H]1[C@H](O)C2. The van der Waals surface area contributed by atoms with Crippen molar-refractivity contribution in [1.29, 1.82) is 0 Å². The number of aliphatic hydroxyl groups is 1. The lowest BCUT2D eigenvalue weighted by molar-refractivity contribution is 0.0835. The Morgan fingerprint density at radius 1 is 1.30 bits per heavy atom. The second kappa shape index (κ2) is 2.21. The molecule has 2 aliphatic carbocycles. The molecule has 2 aliphatic rings. The van der Waals surface area contributed by atoms with Crippen LogP contribution in [0.25, 0.3) is 0 Å². The van der Waals surface area contributed by atoms with Gasteiger partial charge in [-0.25, -0.2) is 0 Å². The van der Waals surface area contributed by atoms with E-state index in [0.29, 0.717) is 11.8 Å². The Balaban J connectivity index is 2.06. The first kappa shape index (κ1) is 6.62. The molecule has 2 nitrogen and oxygen atoms in total. The topological polar surface area (TPSA) is 46.2 Å². The van der Waals surface area contributed by atoms with Gasteiger partial charge < -0.3 is 10.8 Å². The lowest BCUT2D eigenvalue weighted by Gasteiger charge is -2.24. The summed E-state index contributed by atoms with van der Waals surface area (Å²) < 4.78 is 0. The smallest absolute Gasteiger partial charge is 0.0574 e. The molecule has 0 aromatic rings.